The molecule has 0 aromatic carbocycles. The molecule has 3 nitrogen and oxygen atoms in total. The van der Waals surface area contributed by atoms with Gasteiger partial charge in [-0.15, -0.1) is 6.54 Å². The van der Waals surface area contributed by atoms with Crippen LogP contribution in [0.1, 0.15) is 0 Å². The number of carbonyl (C=O) groups excluding carboxylic acids is 1. The minimum absolute atomic E-state index is 0. The number of carbonyl (C=O) groups is 1. The van der Waals surface area contributed by atoms with Crippen LogP contribution in [-0.2, 0) is 25.9 Å². The molecular formula is C5H9N2OW-. The van der Waals surface area contributed by atoms with E-state index in [0.717, 1.165) is 6.54 Å². The molecule has 0 radical (unpaired) electrons. The fourth-order valence-electron chi connectivity index (χ4n) is 0.705. The molecule has 0 unspecified atom stereocenters. The van der Waals surface area contributed by atoms with E-state index in [1.165, 1.54) is 0 Å². The molecular weight excluding hydrogens is 288 g/mol. The molecule has 0 saturated carbocycles. The molecule has 1 saturated heterocycles. The number of hydrogen-bond acceptors (Lipinski definition) is 2. The van der Waals surface area contributed by atoms with E-state index in [1.807, 2.05) is 11.9 Å². The first kappa shape index (κ1) is 9.12. The number of rotatable bonds is 0. The van der Waals surface area contributed by atoms with Gasteiger partial charge in [0.2, 0.25) is 0 Å². The van der Waals surface area contributed by atoms with Crippen LogP contribution in [0.15, 0.2) is 0 Å². The van der Waals surface area contributed by atoms with Crippen molar-refractivity contribution in [3.05, 3.63) is 5.32 Å². The van der Waals surface area contributed by atoms with Crippen molar-refractivity contribution in [3.63, 3.8) is 0 Å². The van der Waals surface area contributed by atoms with Gasteiger partial charge in [0.15, 0.2) is 0 Å². The van der Waals surface area contributed by atoms with Crippen molar-refractivity contribution in [2.75, 3.05) is 26.7 Å². The third-order valence-corrected chi connectivity index (χ3v) is 1.18. The zero-order chi connectivity index (χ0) is 5.98. The SMILES string of the molecule is CN1CC[N-]C(=O)C1.[W]. The van der Waals surface area contributed by atoms with Gasteiger partial charge in [0.25, 0.3) is 0 Å². The number of amides is 1. The Bertz CT molecular complexity index is 107. The molecule has 1 aliphatic heterocycles. The zero-order valence-electron chi connectivity index (χ0n) is 5.33. The zero-order valence-corrected chi connectivity index (χ0v) is 8.27. The third kappa shape index (κ3) is 2.97. The van der Waals surface area contributed by atoms with Gasteiger partial charge in [-0.05, 0) is 13.6 Å². The van der Waals surface area contributed by atoms with Crippen molar-refractivity contribution in [2.45, 2.75) is 0 Å². The van der Waals surface area contributed by atoms with Crippen LogP contribution in [0.3, 0.4) is 0 Å². The third-order valence-electron chi connectivity index (χ3n) is 1.18. The number of likely N-dealkylation sites (N-methyl/N-ethyl adjacent to an activating group) is 1. The van der Waals surface area contributed by atoms with E-state index >= 15 is 0 Å². The summed E-state index contributed by atoms with van der Waals surface area (Å²) >= 11 is 0. The van der Waals surface area contributed by atoms with E-state index in [2.05, 4.69) is 5.32 Å². The van der Waals surface area contributed by atoms with Gasteiger partial charge in [-0.25, -0.2) is 0 Å². The Hall–Kier alpha value is 0.118. The molecule has 4 heteroatoms. The summed E-state index contributed by atoms with van der Waals surface area (Å²) in [5.41, 5.74) is 0. The Labute approximate surface area is 69.1 Å². The number of nitrogens with zero attached hydrogens (tertiary/aromatic N) is 2. The monoisotopic (exact) mass is 297 g/mol. The second kappa shape index (κ2) is 4.02. The van der Waals surface area contributed by atoms with E-state index in [-0.39, 0.29) is 27.0 Å². The van der Waals surface area contributed by atoms with Crippen LogP contribution in [0, 0.1) is 0 Å². The first-order valence-electron chi connectivity index (χ1n) is 2.68. The maximum absolute atomic E-state index is 10.5. The minimum atomic E-state index is 0. The second-order valence-electron chi connectivity index (χ2n) is 2.01. The van der Waals surface area contributed by atoms with Crippen LogP contribution >= 0.6 is 0 Å². The summed E-state index contributed by atoms with van der Waals surface area (Å²) in [5.74, 6) is 0.0127. The Morgan fingerprint density at radius 2 is 2.33 bits per heavy atom. The van der Waals surface area contributed by atoms with E-state index in [1.54, 1.807) is 0 Å². The van der Waals surface area contributed by atoms with Crippen molar-refractivity contribution < 1.29 is 25.9 Å². The van der Waals surface area contributed by atoms with Crippen LogP contribution in [0.4, 0.5) is 0 Å². The number of hydrogen-bond donors (Lipinski definition) is 0. The summed E-state index contributed by atoms with van der Waals surface area (Å²) in [6.45, 7) is 2.10. The van der Waals surface area contributed by atoms with E-state index in [4.69, 9.17) is 0 Å². The smallest absolute Gasteiger partial charge is 0.0654 e. The topological polar surface area (TPSA) is 34.4 Å². The van der Waals surface area contributed by atoms with Gasteiger partial charge >= 0.3 is 0 Å². The molecule has 0 aromatic rings. The predicted octanol–water partition coefficient (Wildman–Crippen LogP) is -0.170. The first-order chi connectivity index (χ1) is 3.79. The van der Waals surface area contributed by atoms with Crippen LogP contribution in [0.5, 0.6) is 0 Å². The molecule has 1 amide bonds. The summed E-state index contributed by atoms with van der Waals surface area (Å²) in [4.78, 5) is 12.4. The maximum atomic E-state index is 10.5. The Balaban J connectivity index is 0.000000640. The van der Waals surface area contributed by atoms with Crippen molar-refractivity contribution in [1.82, 2.24) is 4.90 Å². The molecule has 0 bridgehead atoms. The number of piperazine rings is 1. The molecule has 1 fully saturated rings. The predicted molar refractivity (Wildman–Crippen MR) is 30.7 cm³/mol. The van der Waals surface area contributed by atoms with E-state index in [9.17, 15) is 4.79 Å². The van der Waals surface area contributed by atoms with Crippen molar-refractivity contribution in [3.8, 4) is 0 Å². The van der Waals surface area contributed by atoms with Crippen LogP contribution in [0.25, 0.3) is 5.32 Å². The van der Waals surface area contributed by atoms with E-state index < -0.39 is 0 Å². The van der Waals surface area contributed by atoms with Crippen molar-refractivity contribution in [1.29, 1.82) is 0 Å². The minimum Gasteiger partial charge on any atom is -0.651 e. The Kier molecular flexibility index (Phi) is 4.07. The van der Waals surface area contributed by atoms with Gasteiger partial charge < -0.3 is 15.0 Å². The summed E-state index contributed by atoms with van der Waals surface area (Å²) in [7, 11) is 1.92. The molecule has 0 atom stereocenters. The Morgan fingerprint density at radius 3 is 2.67 bits per heavy atom. The van der Waals surface area contributed by atoms with Gasteiger partial charge in [0.05, 0.1) is 5.91 Å². The van der Waals surface area contributed by atoms with Gasteiger partial charge in [-0.2, -0.15) is 0 Å². The molecule has 0 aliphatic carbocycles. The van der Waals surface area contributed by atoms with Crippen molar-refractivity contribution in [2.24, 2.45) is 0 Å². The van der Waals surface area contributed by atoms with Crippen LogP contribution in [0.2, 0.25) is 0 Å². The van der Waals surface area contributed by atoms with Gasteiger partial charge in [0.1, 0.15) is 0 Å². The largest absolute Gasteiger partial charge is 0.651 e. The molecule has 0 N–H and O–H groups in total. The molecule has 52 valence electrons. The summed E-state index contributed by atoms with van der Waals surface area (Å²) < 4.78 is 0. The molecule has 0 spiro atoms. The summed E-state index contributed by atoms with van der Waals surface area (Å²) in [5, 5.41) is 3.70. The first-order valence-corrected chi connectivity index (χ1v) is 2.68. The fourth-order valence-corrected chi connectivity index (χ4v) is 0.705. The quantitative estimate of drug-likeness (QED) is 0.622. The maximum Gasteiger partial charge on any atom is 0.0654 e. The van der Waals surface area contributed by atoms with Crippen LogP contribution < -0.4 is 0 Å². The summed E-state index contributed by atoms with van der Waals surface area (Å²) in [6, 6.07) is 0. The van der Waals surface area contributed by atoms with Gasteiger partial charge in [-0.1, -0.05) is 0 Å². The molecule has 1 aliphatic rings. The van der Waals surface area contributed by atoms with Crippen molar-refractivity contribution >= 4 is 5.91 Å². The van der Waals surface area contributed by atoms with Gasteiger partial charge in [-0.3, -0.25) is 0 Å². The van der Waals surface area contributed by atoms with E-state index in [0.29, 0.717) is 13.1 Å². The molecule has 1 heterocycles. The average molecular weight is 297 g/mol. The second-order valence-corrected chi connectivity index (χ2v) is 2.01. The average Bonchev–Trinajstić information content (AvgIpc) is 1.64. The standard InChI is InChI=1S/C5H10N2O.W/c1-7-3-2-6-5(8)4-7;/h2-4H2,1H3,(H,6,8);/p-1. The van der Waals surface area contributed by atoms with Crippen LogP contribution in [-0.4, -0.2) is 37.5 Å². The molecule has 0 aromatic heterocycles. The molecule has 1 rings (SSSR count). The molecule has 9 heavy (non-hydrogen) atoms. The summed E-state index contributed by atoms with van der Waals surface area (Å²) in [6.07, 6.45) is 0. The normalized spacial score (nSPS) is 20.3. The fraction of sp³-hybridized carbons (Fsp3) is 0.800. The Morgan fingerprint density at radius 1 is 1.67 bits per heavy atom. The van der Waals surface area contributed by atoms with Gasteiger partial charge in [0, 0.05) is 27.6 Å².